The fourth-order valence-corrected chi connectivity index (χ4v) is 6.54. The van der Waals surface area contributed by atoms with Gasteiger partial charge in [0.05, 0.1) is 48.9 Å². The van der Waals surface area contributed by atoms with Crippen LogP contribution in [0.25, 0.3) is 21.6 Å². The van der Waals surface area contributed by atoms with Crippen molar-refractivity contribution in [3.05, 3.63) is 81.8 Å². The SMILES string of the molecule is COc1cc(C2/C(=C(\O)c3nc4c(C)cccn4c3C)C(=O)C(=O)N2c2nc3ccc(Cl)cc3s2)cc(OC)c1OC. The largest absolute Gasteiger partial charge is 0.505 e. The molecule has 0 saturated carbocycles. The van der Waals surface area contributed by atoms with Gasteiger partial charge in [0, 0.05) is 11.2 Å². The summed E-state index contributed by atoms with van der Waals surface area (Å²) in [6.07, 6.45) is 1.82. The van der Waals surface area contributed by atoms with Gasteiger partial charge < -0.3 is 23.7 Å². The van der Waals surface area contributed by atoms with Crippen LogP contribution in [0.4, 0.5) is 5.13 Å². The Morgan fingerprint density at radius 3 is 2.36 bits per heavy atom. The molecule has 1 atom stereocenters. The highest BCUT2D eigenvalue weighted by Gasteiger charge is 2.49. The number of aliphatic hydroxyl groups is 1. The molecule has 1 N–H and O–H groups in total. The van der Waals surface area contributed by atoms with Crippen LogP contribution in [0.1, 0.15) is 28.6 Å². The van der Waals surface area contributed by atoms with Crippen LogP contribution in [0.5, 0.6) is 17.2 Å². The number of aromatic nitrogens is 3. The molecule has 0 spiro atoms. The van der Waals surface area contributed by atoms with E-state index >= 15 is 0 Å². The average Bonchev–Trinajstić information content (AvgIpc) is 3.63. The summed E-state index contributed by atoms with van der Waals surface area (Å²) in [4.78, 5) is 38.2. The fraction of sp³-hybridized carbons (Fsp3) is 0.200. The van der Waals surface area contributed by atoms with E-state index in [1.807, 2.05) is 29.7 Å². The molecule has 214 valence electrons. The van der Waals surface area contributed by atoms with Crippen molar-refractivity contribution < 1.29 is 28.9 Å². The third-order valence-electron chi connectivity index (χ3n) is 7.30. The molecule has 12 heteroatoms. The maximum atomic E-state index is 13.8. The number of ether oxygens (including phenoxy) is 3. The number of amides is 1. The first-order valence-corrected chi connectivity index (χ1v) is 14.0. The Bertz CT molecular complexity index is 1940. The predicted molar refractivity (Wildman–Crippen MR) is 160 cm³/mol. The molecule has 1 unspecified atom stereocenters. The number of imidazole rings is 1. The number of anilines is 1. The van der Waals surface area contributed by atoms with Crippen molar-refractivity contribution in [1.29, 1.82) is 0 Å². The number of Topliss-reactive ketones (excluding diaryl/α,β-unsaturated/α-hetero) is 1. The van der Waals surface area contributed by atoms with E-state index in [0.717, 1.165) is 10.3 Å². The number of aliphatic hydroxyl groups excluding tert-OH is 1. The van der Waals surface area contributed by atoms with E-state index in [4.69, 9.17) is 25.8 Å². The minimum Gasteiger partial charge on any atom is -0.505 e. The summed E-state index contributed by atoms with van der Waals surface area (Å²) in [6, 6.07) is 11.1. The third-order valence-corrected chi connectivity index (χ3v) is 8.55. The number of hydrogen-bond acceptors (Lipinski definition) is 9. The number of carbonyl (C=O) groups is 2. The zero-order valence-electron chi connectivity index (χ0n) is 23.3. The first-order chi connectivity index (χ1) is 20.2. The van der Waals surface area contributed by atoms with Crippen LogP contribution in [0, 0.1) is 13.8 Å². The van der Waals surface area contributed by atoms with Gasteiger partial charge in [-0.3, -0.25) is 14.5 Å². The zero-order valence-corrected chi connectivity index (χ0v) is 24.8. The molecule has 0 bridgehead atoms. The number of rotatable bonds is 6. The standard InChI is InChI=1S/C30H25ClN4O6S/c1-14-7-6-10-34-15(2)23(33-28(14)34)25(36)22-24(16-11-19(39-3)27(41-5)20(12-16)40-4)35(29(38)26(22)37)30-32-18-9-8-17(31)13-21(18)42-30/h6-13,24,36H,1-5H3/b25-22+. The lowest BCUT2D eigenvalue weighted by molar-refractivity contribution is -0.132. The summed E-state index contributed by atoms with van der Waals surface area (Å²) in [5.41, 5.74) is 3.20. The highest BCUT2D eigenvalue weighted by Crippen LogP contribution is 2.48. The molecule has 1 saturated heterocycles. The number of pyridine rings is 1. The second-order valence-corrected chi connectivity index (χ2v) is 11.1. The van der Waals surface area contributed by atoms with Crippen LogP contribution in [0.2, 0.25) is 5.02 Å². The van der Waals surface area contributed by atoms with Gasteiger partial charge in [-0.25, -0.2) is 9.97 Å². The van der Waals surface area contributed by atoms with Crippen LogP contribution >= 0.6 is 22.9 Å². The second kappa shape index (κ2) is 10.3. The third kappa shape index (κ3) is 4.15. The van der Waals surface area contributed by atoms with E-state index in [0.29, 0.717) is 44.7 Å². The number of nitrogens with zero attached hydrogens (tertiary/aromatic N) is 4. The monoisotopic (exact) mass is 604 g/mol. The number of thiazole rings is 1. The van der Waals surface area contributed by atoms with Crippen molar-refractivity contribution in [2.75, 3.05) is 26.2 Å². The molecule has 5 aromatic rings. The summed E-state index contributed by atoms with van der Waals surface area (Å²) in [6.45, 7) is 3.69. The van der Waals surface area contributed by atoms with Crippen molar-refractivity contribution in [1.82, 2.24) is 14.4 Å². The molecule has 42 heavy (non-hydrogen) atoms. The molecular formula is C30H25ClN4O6S. The van der Waals surface area contributed by atoms with Crippen LogP contribution in [-0.4, -0.2) is 52.5 Å². The van der Waals surface area contributed by atoms with Crippen molar-refractivity contribution in [3.8, 4) is 17.2 Å². The molecular weight excluding hydrogens is 580 g/mol. The van der Waals surface area contributed by atoms with Gasteiger partial charge in [0.2, 0.25) is 5.75 Å². The maximum absolute atomic E-state index is 13.8. The lowest BCUT2D eigenvalue weighted by Gasteiger charge is -2.24. The number of ketones is 1. The topological polar surface area (TPSA) is 115 Å². The number of hydrogen-bond donors (Lipinski definition) is 1. The van der Waals surface area contributed by atoms with E-state index in [9.17, 15) is 14.7 Å². The fourth-order valence-electron chi connectivity index (χ4n) is 5.27. The molecule has 3 aromatic heterocycles. The normalized spacial score (nSPS) is 16.5. The lowest BCUT2D eigenvalue weighted by Crippen LogP contribution is -2.29. The number of halogens is 1. The number of aryl methyl sites for hydroxylation is 2. The van der Waals surface area contributed by atoms with Gasteiger partial charge in [0.25, 0.3) is 5.78 Å². The van der Waals surface area contributed by atoms with Gasteiger partial charge in [0.1, 0.15) is 11.3 Å². The van der Waals surface area contributed by atoms with E-state index in [1.54, 1.807) is 37.3 Å². The molecule has 1 aliphatic heterocycles. The number of benzene rings is 2. The maximum Gasteiger partial charge on any atom is 0.301 e. The number of carbonyl (C=O) groups excluding carboxylic acids is 2. The lowest BCUT2D eigenvalue weighted by atomic mass is 9.95. The van der Waals surface area contributed by atoms with Crippen LogP contribution < -0.4 is 19.1 Å². The molecule has 2 aromatic carbocycles. The molecule has 0 aliphatic carbocycles. The first-order valence-electron chi connectivity index (χ1n) is 12.8. The molecule has 1 fully saturated rings. The molecule has 6 rings (SSSR count). The van der Waals surface area contributed by atoms with Crippen LogP contribution in [0.3, 0.4) is 0 Å². The average molecular weight is 605 g/mol. The quantitative estimate of drug-likeness (QED) is 0.145. The van der Waals surface area contributed by atoms with Crippen molar-refractivity contribution in [3.63, 3.8) is 0 Å². The van der Waals surface area contributed by atoms with Gasteiger partial charge >= 0.3 is 5.91 Å². The van der Waals surface area contributed by atoms with E-state index in [1.165, 1.54) is 37.6 Å². The molecule has 10 nitrogen and oxygen atoms in total. The molecule has 0 radical (unpaired) electrons. The van der Waals surface area contributed by atoms with Crippen LogP contribution in [0.15, 0.2) is 54.2 Å². The van der Waals surface area contributed by atoms with Gasteiger partial charge in [-0.2, -0.15) is 0 Å². The predicted octanol–water partition coefficient (Wildman–Crippen LogP) is 5.87. The van der Waals surface area contributed by atoms with Gasteiger partial charge in [0.15, 0.2) is 22.4 Å². The van der Waals surface area contributed by atoms with Crippen molar-refractivity contribution in [2.24, 2.45) is 0 Å². The zero-order chi connectivity index (χ0) is 29.9. The Morgan fingerprint density at radius 2 is 1.71 bits per heavy atom. The second-order valence-electron chi connectivity index (χ2n) is 9.67. The Kier molecular flexibility index (Phi) is 6.78. The molecule has 1 aliphatic rings. The summed E-state index contributed by atoms with van der Waals surface area (Å²) >= 11 is 7.41. The number of methoxy groups -OCH3 is 3. The van der Waals surface area contributed by atoms with E-state index < -0.39 is 23.5 Å². The van der Waals surface area contributed by atoms with Gasteiger partial charge in [-0.05, 0) is 61.4 Å². The minimum atomic E-state index is -1.10. The highest BCUT2D eigenvalue weighted by molar-refractivity contribution is 7.22. The molecule has 1 amide bonds. The number of fused-ring (bicyclic) bond motifs is 2. The van der Waals surface area contributed by atoms with Crippen molar-refractivity contribution >= 4 is 61.4 Å². The first kappa shape index (κ1) is 27.6. The minimum absolute atomic E-state index is 0.143. The van der Waals surface area contributed by atoms with Gasteiger partial charge in [-0.1, -0.05) is 29.0 Å². The van der Waals surface area contributed by atoms with E-state index in [-0.39, 0.29) is 16.4 Å². The Morgan fingerprint density at radius 1 is 1.00 bits per heavy atom. The summed E-state index contributed by atoms with van der Waals surface area (Å²) in [7, 11) is 4.42. The van der Waals surface area contributed by atoms with Crippen molar-refractivity contribution in [2.45, 2.75) is 19.9 Å². The summed E-state index contributed by atoms with van der Waals surface area (Å²) in [5, 5.41) is 12.6. The Balaban J connectivity index is 1.64. The Hall–Kier alpha value is -4.61. The highest BCUT2D eigenvalue weighted by atomic mass is 35.5. The smallest absolute Gasteiger partial charge is 0.301 e. The Labute approximate surface area is 249 Å². The van der Waals surface area contributed by atoms with Gasteiger partial charge in [-0.15, -0.1) is 0 Å². The summed E-state index contributed by atoms with van der Waals surface area (Å²) < 4.78 is 19.2. The van der Waals surface area contributed by atoms with E-state index in [2.05, 4.69) is 9.97 Å². The summed E-state index contributed by atoms with van der Waals surface area (Å²) in [5.74, 6) is -1.17. The van der Waals surface area contributed by atoms with Crippen LogP contribution in [-0.2, 0) is 9.59 Å². The molecule has 4 heterocycles.